The van der Waals surface area contributed by atoms with E-state index in [0.717, 1.165) is 27.9 Å². The highest BCUT2D eigenvalue weighted by atomic mass is 35.5. The number of benzene rings is 1. The van der Waals surface area contributed by atoms with Crippen molar-refractivity contribution in [1.82, 2.24) is 9.97 Å². The highest BCUT2D eigenvalue weighted by molar-refractivity contribution is 6.31. The fourth-order valence-corrected chi connectivity index (χ4v) is 1.90. The van der Waals surface area contributed by atoms with Gasteiger partial charge in [-0.05, 0) is 31.5 Å². The zero-order valence-electron chi connectivity index (χ0n) is 11.6. The van der Waals surface area contributed by atoms with Crippen molar-refractivity contribution in [1.29, 1.82) is 0 Å². The summed E-state index contributed by atoms with van der Waals surface area (Å²) in [4.78, 5) is 8.67. The second kappa shape index (κ2) is 6.39. The van der Waals surface area contributed by atoms with Crippen LogP contribution in [0, 0.1) is 13.8 Å². The third kappa shape index (κ3) is 3.71. The van der Waals surface area contributed by atoms with Crippen molar-refractivity contribution in [2.24, 2.45) is 0 Å². The zero-order valence-corrected chi connectivity index (χ0v) is 12.3. The predicted molar refractivity (Wildman–Crippen MR) is 84.9 cm³/mol. The Balaban J connectivity index is 2.21. The first-order valence-corrected chi connectivity index (χ1v) is 6.70. The third-order valence-electron chi connectivity index (χ3n) is 2.71. The lowest BCUT2D eigenvalue weighted by Gasteiger charge is -2.10. The Labute approximate surface area is 123 Å². The molecule has 0 bridgehead atoms. The van der Waals surface area contributed by atoms with Crippen LogP contribution in [0.4, 0.5) is 17.3 Å². The van der Waals surface area contributed by atoms with E-state index in [-0.39, 0.29) is 0 Å². The normalized spacial score (nSPS) is 10.2. The summed E-state index contributed by atoms with van der Waals surface area (Å²) in [7, 11) is 0. The van der Waals surface area contributed by atoms with Gasteiger partial charge in [0.2, 0.25) is 0 Å². The maximum atomic E-state index is 6.11. The van der Waals surface area contributed by atoms with Crippen LogP contribution in [0.3, 0.4) is 0 Å². The molecule has 0 atom stereocenters. The summed E-state index contributed by atoms with van der Waals surface area (Å²) in [6.45, 7) is 8.15. The molecular weight excluding hydrogens is 272 g/mol. The second-order valence-corrected chi connectivity index (χ2v) is 4.85. The van der Waals surface area contributed by atoms with E-state index >= 15 is 0 Å². The first kappa shape index (κ1) is 14.3. The Morgan fingerprint density at radius 2 is 1.95 bits per heavy atom. The molecule has 0 radical (unpaired) electrons. The minimum Gasteiger partial charge on any atom is -0.366 e. The van der Waals surface area contributed by atoms with Gasteiger partial charge in [-0.1, -0.05) is 23.7 Å². The van der Waals surface area contributed by atoms with Crippen LogP contribution in [0.2, 0.25) is 5.02 Å². The Bertz CT molecular complexity index is 625. The van der Waals surface area contributed by atoms with E-state index in [0.29, 0.717) is 12.4 Å². The zero-order chi connectivity index (χ0) is 14.5. The highest BCUT2D eigenvalue weighted by Gasteiger charge is 2.03. The van der Waals surface area contributed by atoms with E-state index in [9.17, 15) is 0 Å². The van der Waals surface area contributed by atoms with Crippen molar-refractivity contribution in [3.63, 3.8) is 0 Å². The molecule has 1 aromatic carbocycles. The average molecular weight is 289 g/mol. The van der Waals surface area contributed by atoms with Crippen molar-refractivity contribution in [2.45, 2.75) is 13.8 Å². The Morgan fingerprint density at radius 1 is 1.20 bits per heavy atom. The Morgan fingerprint density at radius 3 is 2.65 bits per heavy atom. The lowest BCUT2D eigenvalue weighted by atomic mass is 10.2. The van der Waals surface area contributed by atoms with Gasteiger partial charge in [-0.2, -0.15) is 0 Å². The molecule has 104 valence electrons. The van der Waals surface area contributed by atoms with Crippen LogP contribution in [-0.2, 0) is 0 Å². The Kier molecular flexibility index (Phi) is 4.58. The van der Waals surface area contributed by atoms with Crippen LogP contribution in [-0.4, -0.2) is 16.5 Å². The summed E-state index contributed by atoms with van der Waals surface area (Å²) < 4.78 is 0. The molecule has 0 unspecified atom stereocenters. The monoisotopic (exact) mass is 288 g/mol. The minimum absolute atomic E-state index is 0.659. The second-order valence-electron chi connectivity index (χ2n) is 4.44. The van der Waals surface area contributed by atoms with Crippen LogP contribution < -0.4 is 10.6 Å². The topological polar surface area (TPSA) is 49.8 Å². The number of rotatable bonds is 5. The number of aryl methyl sites for hydroxylation is 2. The fourth-order valence-electron chi connectivity index (χ4n) is 1.72. The molecule has 5 heteroatoms. The molecule has 1 heterocycles. The van der Waals surface area contributed by atoms with Gasteiger partial charge >= 0.3 is 0 Å². The van der Waals surface area contributed by atoms with Crippen LogP contribution in [0.1, 0.15) is 11.4 Å². The summed E-state index contributed by atoms with van der Waals surface area (Å²) in [5, 5.41) is 7.10. The molecule has 2 aromatic rings. The standard InChI is InChI=1S/C15H17ClN4/c1-4-7-17-14-9-15(19-11(3)18-14)20-12-6-5-10(2)13(16)8-12/h4-6,8-9H,1,7H2,2-3H3,(H2,17,18,19,20). The van der Waals surface area contributed by atoms with E-state index in [1.807, 2.05) is 38.1 Å². The van der Waals surface area contributed by atoms with Crippen molar-refractivity contribution in [2.75, 3.05) is 17.2 Å². The number of aromatic nitrogens is 2. The quantitative estimate of drug-likeness (QED) is 0.814. The maximum Gasteiger partial charge on any atom is 0.136 e. The van der Waals surface area contributed by atoms with Crippen LogP contribution in [0.15, 0.2) is 36.9 Å². The van der Waals surface area contributed by atoms with Gasteiger partial charge in [0.05, 0.1) is 0 Å². The van der Waals surface area contributed by atoms with Gasteiger partial charge in [-0.3, -0.25) is 0 Å². The van der Waals surface area contributed by atoms with Crippen LogP contribution in [0.25, 0.3) is 0 Å². The first-order chi connectivity index (χ1) is 9.58. The smallest absolute Gasteiger partial charge is 0.136 e. The van der Waals surface area contributed by atoms with Crippen molar-refractivity contribution >= 4 is 28.9 Å². The molecule has 2 N–H and O–H groups in total. The molecule has 20 heavy (non-hydrogen) atoms. The van der Waals surface area contributed by atoms with E-state index in [2.05, 4.69) is 27.2 Å². The van der Waals surface area contributed by atoms with E-state index < -0.39 is 0 Å². The Hall–Kier alpha value is -2.07. The number of nitrogens with one attached hydrogen (secondary N) is 2. The number of anilines is 3. The van der Waals surface area contributed by atoms with Crippen molar-refractivity contribution in [3.05, 3.63) is 53.3 Å². The minimum atomic E-state index is 0.659. The van der Waals surface area contributed by atoms with Crippen LogP contribution >= 0.6 is 11.6 Å². The van der Waals surface area contributed by atoms with Gasteiger partial charge in [0.25, 0.3) is 0 Å². The average Bonchev–Trinajstić information content (AvgIpc) is 2.40. The number of hydrogen-bond acceptors (Lipinski definition) is 4. The van der Waals surface area contributed by atoms with Crippen molar-refractivity contribution < 1.29 is 0 Å². The van der Waals surface area contributed by atoms with E-state index in [1.54, 1.807) is 6.08 Å². The maximum absolute atomic E-state index is 6.11. The summed E-state index contributed by atoms with van der Waals surface area (Å²) in [6.07, 6.45) is 1.78. The summed E-state index contributed by atoms with van der Waals surface area (Å²) in [6, 6.07) is 7.67. The lowest BCUT2D eigenvalue weighted by Crippen LogP contribution is -2.04. The van der Waals surface area contributed by atoms with Gasteiger partial charge in [0, 0.05) is 23.3 Å². The molecule has 0 aliphatic rings. The van der Waals surface area contributed by atoms with Gasteiger partial charge in [-0.25, -0.2) is 9.97 Å². The predicted octanol–water partition coefficient (Wildman–Crippen LogP) is 4.09. The molecule has 4 nitrogen and oxygen atoms in total. The SMILES string of the molecule is C=CCNc1cc(Nc2ccc(C)c(Cl)c2)nc(C)n1. The molecule has 2 rings (SSSR count). The van der Waals surface area contributed by atoms with Gasteiger partial charge in [0.1, 0.15) is 17.5 Å². The molecule has 0 spiro atoms. The summed E-state index contributed by atoms with van der Waals surface area (Å²) in [5.74, 6) is 2.18. The fraction of sp³-hybridized carbons (Fsp3) is 0.200. The molecular formula is C15H17ClN4. The first-order valence-electron chi connectivity index (χ1n) is 6.32. The van der Waals surface area contributed by atoms with Crippen molar-refractivity contribution in [3.8, 4) is 0 Å². The van der Waals surface area contributed by atoms with E-state index in [4.69, 9.17) is 11.6 Å². The molecule has 0 saturated carbocycles. The largest absolute Gasteiger partial charge is 0.366 e. The molecule has 0 amide bonds. The molecule has 0 saturated heterocycles. The molecule has 0 aliphatic carbocycles. The lowest BCUT2D eigenvalue weighted by molar-refractivity contribution is 1.05. The summed E-state index contributed by atoms with van der Waals surface area (Å²) >= 11 is 6.11. The number of halogens is 1. The van der Waals surface area contributed by atoms with Gasteiger partial charge in [-0.15, -0.1) is 6.58 Å². The molecule has 0 aliphatic heterocycles. The molecule has 1 aromatic heterocycles. The number of nitrogens with zero attached hydrogens (tertiary/aromatic N) is 2. The summed E-state index contributed by atoms with van der Waals surface area (Å²) in [5.41, 5.74) is 1.94. The van der Waals surface area contributed by atoms with Gasteiger partial charge in [0.15, 0.2) is 0 Å². The third-order valence-corrected chi connectivity index (χ3v) is 3.12. The van der Waals surface area contributed by atoms with E-state index in [1.165, 1.54) is 0 Å². The number of hydrogen-bond donors (Lipinski definition) is 2. The molecule has 0 fully saturated rings. The highest BCUT2D eigenvalue weighted by Crippen LogP contribution is 2.23. The van der Waals surface area contributed by atoms with Gasteiger partial charge < -0.3 is 10.6 Å². The van der Waals surface area contributed by atoms with Crippen LogP contribution in [0.5, 0.6) is 0 Å².